The summed E-state index contributed by atoms with van der Waals surface area (Å²) in [5.41, 5.74) is 2.79. The minimum Gasteiger partial charge on any atom is -0.337 e. The molecule has 0 saturated carbocycles. The fourth-order valence-corrected chi connectivity index (χ4v) is 3.49. The first-order chi connectivity index (χ1) is 13.2. The van der Waals surface area contributed by atoms with Crippen molar-refractivity contribution in [2.24, 2.45) is 0 Å². The number of hydrogen-bond donors (Lipinski definition) is 2. The summed E-state index contributed by atoms with van der Waals surface area (Å²) in [7, 11) is 0. The average Bonchev–Trinajstić information content (AvgIpc) is 3.24. The molecule has 1 saturated heterocycles. The maximum atomic E-state index is 12.6. The summed E-state index contributed by atoms with van der Waals surface area (Å²) in [6.45, 7) is 3.49. The standard InChI is InChI=1S/C20H22N6O/c1-14-4-2-8-22-19(14)24-18-12-15(6-9-21-18)16-5-3-11-26(13-16)20(27)17-7-10-23-25-17/h2,4,6-10,12,16H,3,5,11,13H2,1H3,(H,23,25)(H,21,22,24)/t16-/m0/s1. The Kier molecular flexibility index (Phi) is 4.82. The summed E-state index contributed by atoms with van der Waals surface area (Å²) in [6.07, 6.45) is 7.22. The fraction of sp³-hybridized carbons (Fsp3) is 0.300. The highest BCUT2D eigenvalue weighted by atomic mass is 16.2. The predicted octanol–water partition coefficient (Wildman–Crippen LogP) is 3.27. The minimum atomic E-state index is 0.00807. The Morgan fingerprint density at radius 2 is 2.15 bits per heavy atom. The third-order valence-corrected chi connectivity index (χ3v) is 4.95. The van der Waals surface area contributed by atoms with E-state index in [1.54, 1.807) is 18.5 Å². The molecule has 7 nitrogen and oxygen atoms in total. The number of nitrogens with zero attached hydrogens (tertiary/aromatic N) is 4. The van der Waals surface area contributed by atoms with Gasteiger partial charge in [-0.3, -0.25) is 9.89 Å². The molecule has 3 aromatic rings. The lowest BCUT2D eigenvalue weighted by Gasteiger charge is -2.32. The number of anilines is 2. The van der Waals surface area contributed by atoms with Crippen molar-refractivity contribution in [1.29, 1.82) is 0 Å². The van der Waals surface area contributed by atoms with Crippen LogP contribution < -0.4 is 5.32 Å². The van der Waals surface area contributed by atoms with E-state index in [9.17, 15) is 4.79 Å². The van der Waals surface area contributed by atoms with Crippen LogP contribution in [0.25, 0.3) is 0 Å². The van der Waals surface area contributed by atoms with Gasteiger partial charge in [-0.25, -0.2) is 9.97 Å². The van der Waals surface area contributed by atoms with E-state index in [2.05, 4.69) is 31.5 Å². The molecule has 0 bridgehead atoms. The van der Waals surface area contributed by atoms with Gasteiger partial charge in [-0.2, -0.15) is 5.10 Å². The van der Waals surface area contributed by atoms with Crippen LogP contribution in [0, 0.1) is 6.92 Å². The second kappa shape index (κ2) is 7.57. The number of carbonyl (C=O) groups excluding carboxylic acids is 1. The molecule has 27 heavy (non-hydrogen) atoms. The van der Waals surface area contributed by atoms with E-state index in [1.165, 1.54) is 5.56 Å². The van der Waals surface area contributed by atoms with E-state index < -0.39 is 0 Å². The van der Waals surface area contributed by atoms with Crippen LogP contribution in [0.15, 0.2) is 48.9 Å². The first-order valence-corrected chi connectivity index (χ1v) is 9.14. The van der Waals surface area contributed by atoms with Crippen molar-refractivity contribution in [2.45, 2.75) is 25.7 Å². The molecule has 138 valence electrons. The summed E-state index contributed by atoms with van der Waals surface area (Å²) in [5, 5.41) is 9.93. The van der Waals surface area contributed by atoms with Crippen molar-refractivity contribution in [2.75, 3.05) is 18.4 Å². The van der Waals surface area contributed by atoms with Crippen molar-refractivity contribution in [3.8, 4) is 0 Å². The summed E-state index contributed by atoms with van der Waals surface area (Å²) in [5.74, 6) is 1.88. The van der Waals surface area contributed by atoms with Crippen molar-refractivity contribution >= 4 is 17.5 Å². The van der Waals surface area contributed by atoms with Gasteiger partial charge in [-0.1, -0.05) is 6.07 Å². The molecule has 4 rings (SSSR count). The third-order valence-electron chi connectivity index (χ3n) is 4.95. The van der Waals surface area contributed by atoms with Crippen molar-refractivity contribution in [3.05, 3.63) is 65.7 Å². The first-order valence-electron chi connectivity index (χ1n) is 9.14. The number of rotatable bonds is 4. The lowest BCUT2D eigenvalue weighted by molar-refractivity contribution is 0.0701. The zero-order valence-corrected chi connectivity index (χ0v) is 15.2. The molecule has 0 unspecified atom stereocenters. The largest absolute Gasteiger partial charge is 0.337 e. The highest BCUT2D eigenvalue weighted by Gasteiger charge is 2.26. The molecule has 3 aromatic heterocycles. The van der Waals surface area contributed by atoms with Gasteiger partial charge >= 0.3 is 0 Å². The van der Waals surface area contributed by atoms with E-state index in [0.29, 0.717) is 18.2 Å². The molecule has 0 radical (unpaired) electrons. The van der Waals surface area contributed by atoms with Crippen LogP contribution in [0.4, 0.5) is 11.6 Å². The Labute approximate surface area is 157 Å². The number of pyridine rings is 2. The van der Waals surface area contributed by atoms with E-state index in [1.807, 2.05) is 36.2 Å². The number of aromatic amines is 1. The molecular formula is C20H22N6O. The van der Waals surface area contributed by atoms with Gasteiger partial charge in [0.2, 0.25) is 0 Å². The Morgan fingerprint density at radius 3 is 2.96 bits per heavy atom. The number of likely N-dealkylation sites (tertiary alicyclic amines) is 1. The summed E-state index contributed by atoms with van der Waals surface area (Å²) < 4.78 is 0. The molecule has 0 aromatic carbocycles. The normalized spacial score (nSPS) is 16.9. The molecule has 1 aliphatic rings. The molecule has 0 aliphatic carbocycles. The molecule has 1 aliphatic heterocycles. The Balaban J connectivity index is 1.50. The van der Waals surface area contributed by atoms with Gasteiger partial charge in [0.25, 0.3) is 5.91 Å². The molecule has 0 spiro atoms. The maximum absolute atomic E-state index is 12.6. The molecule has 4 heterocycles. The zero-order chi connectivity index (χ0) is 18.6. The van der Waals surface area contributed by atoms with Gasteiger partial charge in [-0.15, -0.1) is 0 Å². The van der Waals surface area contributed by atoms with Gasteiger partial charge in [0, 0.05) is 37.6 Å². The highest BCUT2D eigenvalue weighted by molar-refractivity contribution is 5.92. The molecule has 1 atom stereocenters. The topological polar surface area (TPSA) is 86.8 Å². The van der Waals surface area contributed by atoms with Crippen LogP contribution in [0.2, 0.25) is 0 Å². The monoisotopic (exact) mass is 362 g/mol. The lowest BCUT2D eigenvalue weighted by atomic mass is 9.91. The van der Waals surface area contributed by atoms with E-state index in [4.69, 9.17) is 0 Å². The summed E-state index contributed by atoms with van der Waals surface area (Å²) in [4.78, 5) is 23.3. The smallest absolute Gasteiger partial charge is 0.271 e. The number of aryl methyl sites for hydroxylation is 1. The van der Waals surface area contributed by atoms with Crippen LogP contribution in [0.5, 0.6) is 0 Å². The van der Waals surface area contributed by atoms with Crippen LogP contribution in [-0.2, 0) is 0 Å². The minimum absolute atomic E-state index is 0.00807. The van der Waals surface area contributed by atoms with Crippen LogP contribution in [0.1, 0.15) is 40.4 Å². The third kappa shape index (κ3) is 3.81. The Hall–Kier alpha value is -3.22. The van der Waals surface area contributed by atoms with Crippen LogP contribution >= 0.6 is 0 Å². The van der Waals surface area contributed by atoms with Gasteiger partial charge in [-0.05, 0) is 55.2 Å². The number of hydrogen-bond acceptors (Lipinski definition) is 5. The van der Waals surface area contributed by atoms with Gasteiger partial charge in [0.05, 0.1) is 0 Å². The fourth-order valence-electron chi connectivity index (χ4n) is 3.49. The number of nitrogens with one attached hydrogen (secondary N) is 2. The van der Waals surface area contributed by atoms with Crippen LogP contribution in [-0.4, -0.2) is 44.1 Å². The number of H-pyrrole nitrogens is 1. The predicted molar refractivity (Wildman–Crippen MR) is 103 cm³/mol. The maximum Gasteiger partial charge on any atom is 0.271 e. The van der Waals surface area contributed by atoms with Crippen molar-refractivity contribution in [3.63, 3.8) is 0 Å². The molecule has 2 N–H and O–H groups in total. The molecule has 7 heteroatoms. The Bertz CT molecular complexity index is 924. The summed E-state index contributed by atoms with van der Waals surface area (Å²) in [6, 6.07) is 9.74. The quantitative estimate of drug-likeness (QED) is 0.744. The number of amides is 1. The van der Waals surface area contributed by atoms with E-state index >= 15 is 0 Å². The second-order valence-electron chi connectivity index (χ2n) is 6.83. The second-order valence-corrected chi connectivity index (χ2v) is 6.83. The van der Waals surface area contributed by atoms with Crippen molar-refractivity contribution in [1.82, 2.24) is 25.1 Å². The molecular weight excluding hydrogens is 340 g/mol. The average molecular weight is 362 g/mol. The van der Waals surface area contributed by atoms with E-state index in [0.717, 1.165) is 36.6 Å². The zero-order valence-electron chi connectivity index (χ0n) is 15.2. The number of carbonyl (C=O) groups is 1. The van der Waals surface area contributed by atoms with E-state index in [-0.39, 0.29) is 5.91 Å². The van der Waals surface area contributed by atoms with Gasteiger partial charge in [0.1, 0.15) is 17.3 Å². The van der Waals surface area contributed by atoms with Crippen molar-refractivity contribution < 1.29 is 4.79 Å². The van der Waals surface area contributed by atoms with Gasteiger partial charge < -0.3 is 10.2 Å². The van der Waals surface area contributed by atoms with Gasteiger partial charge in [0.15, 0.2) is 0 Å². The Morgan fingerprint density at radius 1 is 1.22 bits per heavy atom. The lowest BCUT2D eigenvalue weighted by Crippen LogP contribution is -2.39. The number of aromatic nitrogens is 4. The molecule has 1 amide bonds. The summed E-state index contributed by atoms with van der Waals surface area (Å²) >= 11 is 0. The number of piperidine rings is 1. The molecule has 1 fully saturated rings. The first kappa shape index (κ1) is 17.2. The highest BCUT2D eigenvalue weighted by Crippen LogP contribution is 2.29. The SMILES string of the molecule is Cc1cccnc1Nc1cc([C@H]2CCCN(C(=O)c3ccn[nH]3)C2)ccn1. The van der Waals surface area contributed by atoms with Crippen LogP contribution in [0.3, 0.4) is 0 Å².